The van der Waals surface area contributed by atoms with Gasteiger partial charge in [-0.3, -0.25) is 9.59 Å². The monoisotopic (exact) mass is 415 g/mol. The average molecular weight is 416 g/mol. The molecule has 0 radical (unpaired) electrons. The zero-order valence-electron chi connectivity index (χ0n) is 19.3. The maximum atomic E-state index is 12.9. The maximum absolute atomic E-state index is 12.9. The van der Waals surface area contributed by atoms with E-state index in [0.29, 0.717) is 31.8 Å². The van der Waals surface area contributed by atoms with Crippen molar-refractivity contribution in [2.75, 3.05) is 20.2 Å². The standard InChI is InChI=1S/C25H37NO4/c1-18(2)17-25(5,19(3)4)24(28)30-22-13-15-26(16-14-22)23(27)12-9-20-7-10-21(29-6)11-8-20/h7-12,18-19,22H,13-17H2,1-6H3/b12-9+. The first-order valence-corrected chi connectivity index (χ1v) is 11.0. The van der Waals surface area contributed by atoms with Crippen molar-refractivity contribution >= 4 is 18.0 Å². The number of esters is 1. The summed E-state index contributed by atoms with van der Waals surface area (Å²) in [5.74, 6) is 1.33. The zero-order valence-corrected chi connectivity index (χ0v) is 19.3. The van der Waals surface area contributed by atoms with E-state index in [1.54, 1.807) is 13.2 Å². The summed E-state index contributed by atoms with van der Waals surface area (Å²) < 4.78 is 11.0. The Bertz CT molecular complexity index is 730. The molecule has 5 heteroatoms. The van der Waals surface area contributed by atoms with Gasteiger partial charge in [-0.05, 0) is 49.0 Å². The van der Waals surface area contributed by atoms with Gasteiger partial charge < -0.3 is 14.4 Å². The van der Waals surface area contributed by atoms with E-state index in [1.807, 2.05) is 42.2 Å². The first-order valence-electron chi connectivity index (χ1n) is 11.0. The van der Waals surface area contributed by atoms with Gasteiger partial charge in [-0.25, -0.2) is 0 Å². The van der Waals surface area contributed by atoms with E-state index in [1.165, 1.54) is 0 Å². The van der Waals surface area contributed by atoms with Gasteiger partial charge in [-0.2, -0.15) is 0 Å². The van der Waals surface area contributed by atoms with Gasteiger partial charge >= 0.3 is 5.97 Å². The summed E-state index contributed by atoms with van der Waals surface area (Å²) in [5.41, 5.74) is 0.480. The van der Waals surface area contributed by atoms with Crippen molar-refractivity contribution in [3.63, 3.8) is 0 Å². The minimum atomic E-state index is -0.470. The number of benzene rings is 1. The van der Waals surface area contributed by atoms with Crippen LogP contribution in [0.3, 0.4) is 0 Å². The molecule has 1 aliphatic heterocycles. The lowest BCUT2D eigenvalue weighted by Gasteiger charge is -2.36. The molecule has 1 heterocycles. The van der Waals surface area contributed by atoms with Gasteiger partial charge in [0.1, 0.15) is 11.9 Å². The Morgan fingerprint density at radius 1 is 1.13 bits per heavy atom. The molecule has 2 rings (SSSR count). The molecule has 1 aromatic carbocycles. The highest BCUT2D eigenvalue weighted by Gasteiger charge is 2.40. The van der Waals surface area contributed by atoms with Crippen molar-refractivity contribution in [1.82, 2.24) is 4.90 Å². The molecule has 1 amide bonds. The molecule has 30 heavy (non-hydrogen) atoms. The zero-order chi connectivity index (χ0) is 22.3. The Kier molecular flexibility index (Phi) is 8.51. The van der Waals surface area contributed by atoms with Gasteiger partial charge in [0.15, 0.2) is 0 Å². The van der Waals surface area contributed by atoms with Crippen LogP contribution in [0, 0.1) is 17.3 Å². The molecule has 166 valence electrons. The molecule has 1 atom stereocenters. The molecule has 0 aromatic heterocycles. The van der Waals surface area contributed by atoms with E-state index >= 15 is 0 Å². The lowest BCUT2D eigenvalue weighted by Crippen LogP contribution is -2.43. The molecule has 5 nitrogen and oxygen atoms in total. The van der Waals surface area contributed by atoms with Crippen LogP contribution in [0.1, 0.15) is 59.4 Å². The first kappa shape index (κ1) is 24.0. The normalized spacial score (nSPS) is 17.4. The third-order valence-electron chi connectivity index (χ3n) is 6.13. The van der Waals surface area contributed by atoms with E-state index in [9.17, 15) is 9.59 Å². The van der Waals surface area contributed by atoms with Gasteiger partial charge in [0.2, 0.25) is 5.91 Å². The highest BCUT2D eigenvalue weighted by Crippen LogP contribution is 2.36. The van der Waals surface area contributed by atoms with Gasteiger partial charge in [0.25, 0.3) is 0 Å². The highest BCUT2D eigenvalue weighted by atomic mass is 16.5. The lowest BCUT2D eigenvalue weighted by atomic mass is 9.73. The number of amides is 1. The number of hydrogen-bond acceptors (Lipinski definition) is 4. The van der Waals surface area contributed by atoms with Gasteiger partial charge in [-0.15, -0.1) is 0 Å². The number of nitrogens with zero attached hydrogens (tertiary/aromatic N) is 1. The Hall–Kier alpha value is -2.30. The molecule has 1 saturated heterocycles. The van der Waals surface area contributed by atoms with Crippen molar-refractivity contribution in [1.29, 1.82) is 0 Å². The molecular formula is C25H37NO4. The van der Waals surface area contributed by atoms with Crippen LogP contribution in [-0.4, -0.2) is 43.1 Å². The fourth-order valence-corrected chi connectivity index (χ4v) is 3.87. The number of likely N-dealkylation sites (tertiary alicyclic amines) is 1. The van der Waals surface area contributed by atoms with E-state index in [0.717, 1.165) is 17.7 Å². The molecule has 0 spiro atoms. The molecule has 0 saturated carbocycles. The number of methoxy groups -OCH3 is 1. The third-order valence-corrected chi connectivity index (χ3v) is 6.13. The van der Waals surface area contributed by atoms with Gasteiger partial charge in [-0.1, -0.05) is 39.8 Å². The Morgan fingerprint density at radius 2 is 1.73 bits per heavy atom. The topological polar surface area (TPSA) is 55.8 Å². The largest absolute Gasteiger partial charge is 0.497 e. The minimum absolute atomic E-state index is 0.0116. The SMILES string of the molecule is COc1ccc(/C=C/C(=O)N2CCC(OC(=O)C(C)(CC(C)C)C(C)C)CC2)cc1. The average Bonchev–Trinajstić information content (AvgIpc) is 2.72. The Morgan fingerprint density at radius 3 is 2.23 bits per heavy atom. The number of rotatable bonds is 8. The van der Waals surface area contributed by atoms with Crippen LogP contribution < -0.4 is 4.74 Å². The fraction of sp³-hybridized carbons (Fsp3) is 0.600. The molecule has 1 fully saturated rings. The molecule has 1 aliphatic rings. The van der Waals surface area contributed by atoms with Gasteiger partial charge in [0.05, 0.1) is 12.5 Å². The number of piperidine rings is 1. The van der Waals surface area contributed by atoms with Crippen LogP contribution in [0.15, 0.2) is 30.3 Å². The summed E-state index contributed by atoms with van der Waals surface area (Å²) in [6.45, 7) is 11.7. The molecule has 0 N–H and O–H groups in total. The molecule has 1 aromatic rings. The van der Waals surface area contributed by atoms with Crippen molar-refractivity contribution in [2.45, 2.75) is 60.0 Å². The second-order valence-electron chi connectivity index (χ2n) is 9.21. The Balaban J connectivity index is 1.86. The number of carbonyl (C=O) groups is 2. The molecule has 0 bridgehead atoms. The molecule has 1 unspecified atom stereocenters. The predicted octanol–water partition coefficient (Wildman–Crippen LogP) is 4.95. The quantitative estimate of drug-likeness (QED) is 0.445. The first-order chi connectivity index (χ1) is 14.2. The van der Waals surface area contributed by atoms with Crippen molar-refractivity contribution in [2.24, 2.45) is 17.3 Å². The second-order valence-corrected chi connectivity index (χ2v) is 9.21. The number of ether oxygens (including phenoxy) is 2. The van der Waals surface area contributed by atoms with Crippen LogP contribution in [-0.2, 0) is 14.3 Å². The van der Waals surface area contributed by atoms with Crippen LogP contribution in [0.2, 0.25) is 0 Å². The van der Waals surface area contributed by atoms with Crippen LogP contribution in [0.5, 0.6) is 5.75 Å². The molecule has 0 aliphatic carbocycles. The van der Waals surface area contributed by atoms with E-state index in [2.05, 4.69) is 27.7 Å². The summed E-state index contributed by atoms with van der Waals surface area (Å²) >= 11 is 0. The maximum Gasteiger partial charge on any atom is 0.312 e. The van der Waals surface area contributed by atoms with Crippen LogP contribution in [0.25, 0.3) is 6.08 Å². The summed E-state index contributed by atoms with van der Waals surface area (Å²) in [6.07, 6.45) is 5.49. The minimum Gasteiger partial charge on any atom is -0.497 e. The lowest BCUT2D eigenvalue weighted by molar-refractivity contribution is -0.167. The second kappa shape index (κ2) is 10.6. The summed E-state index contributed by atoms with van der Waals surface area (Å²) in [7, 11) is 1.63. The summed E-state index contributed by atoms with van der Waals surface area (Å²) in [6, 6.07) is 7.57. The van der Waals surface area contributed by atoms with E-state index in [-0.39, 0.29) is 23.9 Å². The van der Waals surface area contributed by atoms with Crippen molar-refractivity contribution in [3.05, 3.63) is 35.9 Å². The predicted molar refractivity (Wildman–Crippen MR) is 120 cm³/mol. The summed E-state index contributed by atoms with van der Waals surface area (Å²) in [5, 5.41) is 0. The molecular weight excluding hydrogens is 378 g/mol. The Labute approximate surface area is 181 Å². The smallest absolute Gasteiger partial charge is 0.312 e. The number of carbonyl (C=O) groups excluding carboxylic acids is 2. The van der Waals surface area contributed by atoms with Crippen molar-refractivity contribution in [3.8, 4) is 5.75 Å². The van der Waals surface area contributed by atoms with E-state index in [4.69, 9.17) is 9.47 Å². The highest BCUT2D eigenvalue weighted by molar-refractivity contribution is 5.91. The van der Waals surface area contributed by atoms with Crippen LogP contribution in [0.4, 0.5) is 0 Å². The van der Waals surface area contributed by atoms with Crippen molar-refractivity contribution < 1.29 is 19.1 Å². The fourth-order valence-electron chi connectivity index (χ4n) is 3.87. The van der Waals surface area contributed by atoms with Gasteiger partial charge in [0, 0.05) is 32.0 Å². The van der Waals surface area contributed by atoms with Crippen LogP contribution >= 0.6 is 0 Å². The third kappa shape index (κ3) is 6.35. The van der Waals surface area contributed by atoms with E-state index < -0.39 is 5.41 Å². The number of hydrogen-bond donors (Lipinski definition) is 0. The summed E-state index contributed by atoms with van der Waals surface area (Å²) in [4.78, 5) is 27.2.